The maximum absolute atomic E-state index is 12.7. The Bertz CT molecular complexity index is 1160. The summed E-state index contributed by atoms with van der Waals surface area (Å²) >= 11 is 0. The molecule has 174 valence electrons. The van der Waals surface area contributed by atoms with Crippen LogP contribution in [0, 0.1) is 0 Å². The van der Waals surface area contributed by atoms with E-state index in [-0.39, 0.29) is 23.6 Å². The number of amides is 1. The Morgan fingerprint density at radius 3 is 2.45 bits per heavy atom. The molecule has 1 saturated carbocycles. The lowest BCUT2D eigenvalue weighted by atomic mass is 9.95. The number of pyridine rings is 1. The Labute approximate surface area is 194 Å². The van der Waals surface area contributed by atoms with Gasteiger partial charge in [-0.3, -0.25) is 4.79 Å². The van der Waals surface area contributed by atoms with Crippen LogP contribution in [0.15, 0.2) is 30.3 Å². The van der Waals surface area contributed by atoms with E-state index in [0.29, 0.717) is 6.61 Å². The van der Waals surface area contributed by atoms with Crippen LogP contribution in [0.1, 0.15) is 87.9 Å². The van der Waals surface area contributed by atoms with Crippen LogP contribution in [0.2, 0.25) is 0 Å². The SMILES string of the molecule is CCOC(=O)c1cc(-c2ccc(NC(C)=O)cc2)c2c(C(C)C)nn(C3CCCCC3)c2n1. The fourth-order valence-corrected chi connectivity index (χ4v) is 4.62. The highest BCUT2D eigenvalue weighted by molar-refractivity contribution is 6.00. The molecule has 0 atom stereocenters. The number of aromatic nitrogens is 3. The second kappa shape index (κ2) is 9.73. The highest BCUT2D eigenvalue weighted by Crippen LogP contribution is 2.38. The van der Waals surface area contributed by atoms with Gasteiger partial charge in [0.05, 0.1) is 23.7 Å². The van der Waals surface area contributed by atoms with Crippen molar-refractivity contribution < 1.29 is 14.3 Å². The predicted molar refractivity (Wildman–Crippen MR) is 129 cm³/mol. The number of fused-ring (bicyclic) bond motifs is 1. The van der Waals surface area contributed by atoms with Gasteiger partial charge in [0.1, 0.15) is 0 Å². The monoisotopic (exact) mass is 448 g/mol. The van der Waals surface area contributed by atoms with Gasteiger partial charge in [0.25, 0.3) is 0 Å². The summed E-state index contributed by atoms with van der Waals surface area (Å²) in [7, 11) is 0. The molecule has 33 heavy (non-hydrogen) atoms. The molecule has 1 N–H and O–H groups in total. The second-order valence-electron chi connectivity index (χ2n) is 9.01. The third-order valence-corrected chi connectivity index (χ3v) is 6.16. The number of benzene rings is 1. The predicted octanol–water partition coefficient (Wildman–Crippen LogP) is 5.86. The molecule has 0 spiro atoms. The molecule has 0 aliphatic heterocycles. The van der Waals surface area contributed by atoms with E-state index in [4.69, 9.17) is 14.8 Å². The van der Waals surface area contributed by atoms with Gasteiger partial charge < -0.3 is 10.1 Å². The first-order valence-electron chi connectivity index (χ1n) is 11.9. The molecule has 0 saturated heterocycles. The Balaban J connectivity index is 1.94. The standard InChI is InChI=1S/C26H32N4O3/c1-5-33-26(32)22-15-21(18-11-13-19(14-12-18)27-17(4)31)23-24(16(2)3)29-30(25(23)28-22)20-9-7-6-8-10-20/h11-16,20H,5-10H2,1-4H3,(H,27,31). The molecule has 2 heterocycles. The lowest BCUT2D eigenvalue weighted by molar-refractivity contribution is -0.114. The number of ether oxygens (including phenoxy) is 1. The normalized spacial score (nSPS) is 14.6. The Morgan fingerprint density at radius 1 is 1.15 bits per heavy atom. The quantitative estimate of drug-likeness (QED) is 0.477. The summed E-state index contributed by atoms with van der Waals surface area (Å²) in [6.45, 7) is 7.84. The molecule has 2 aromatic heterocycles. The van der Waals surface area contributed by atoms with Gasteiger partial charge in [-0.1, -0.05) is 45.2 Å². The molecule has 0 radical (unpaired) electrons. The first kappa shape index (κ1) is 23.0. The van der Waals surface area contributed by atoms with E-state index < -0.39 is 5.97 Å². The number of hydrogen-bond acceptors (Lipinski definition) is 5. The van der Waals surface area contributed by atoms with E-state index in [2.05, 4.69) is 23.8 Å². The number of anilines is 1. The Hall–Kier alpha value is -3.22. The van der Waals surface area contributed by atoms with Crippen molar-refractivity contribution in [1.82, 2.24) is 14.8 Å². The van der Waals surface area contributed by atoms with Crippen LogP contribution in [0.4, 0.5) is 5.69 Å². The molecule has 7 nitrogen and oxygen atoms in total. The van der Waals surface area contributed by atoms with E-state index in [1.54, 1.807) is 6.92 Å². The van der Waals surface area contributed by atoms with Crippen molar-refractivity contribution in [2.24, 2.45) is 0 Å². The van der Waals surface area contributed by atoms with Gasteiger partial charge in [-0.2, -0.15) is 5.10 Å². The van der Waals surface area contributed by atoms with Gasteiger partial charge >= 0.3 is 5.97 Å². The number of nitrogens with zero attached hydrogens (tertiary/aromatic N) is 3. The van der Waals surface area contributed by atoms with Gasteiger partial charge in [-0.15, -0.1) is 0 Å². The number of carbonyl (C=O) groups is 2. The summed E-state index contributed by atoms with van der Waals surface area (Å²) in [4.78, 5) is 28.9. The third kappa shape index (κ3) is 4.77. The molecule has 1 aliphatic carbocycles. The van der Waals surface area contributed by atoms with Crippen molar-refractivity contribution in [3.63, 3.8) is 0 Å². The van der Waals surface area contributed by atoms with Crippen molar-refractivity contribution in [3.05, 3.63) is 41.7 Å². The largest absolute Gasteiger partial charge is 0.461 e. The van der Waals surface area contributed by atoms with Crippen LogP contribution in [0.5, 0.6) is 0 Å². The van der Waals surface area contributed by atoms with Crippen LogP contribution < -0.4 is 5.32 Å². The van der Waals surface area contributed by atoms with Gasteiger partial charge in [0.2, 0.25) is 5.91 Å². The van der Waals surface area contributed by atoms with Crippen molar-refractivity contribution in [3.8, 4) is 11.1 Å². The van der Waals surface area contributed by atoms with E-state index in [1.807, 2.05) is 30.3 Å². The van der Waals surface area contributed by atoms with E-state index >= 15 is 0 Å². The minimum atomic E-state index is -0.432. The van der Waals surface area contributed by atoms with Crippen molar-refractivity contribution >= 4 is 28.6 Å². The average Bonchev–Trinajstić information content (AvgIpc) is 3.19. The number of carbonyl (C=O) groups excluding carboxylic acids is 2. The van der Waals surface area contributed by atoms with E-state index in [0.717, 1.165) is 46.4 Å². The minimum Gasteiger partial charge on any atom is -0.461 e. The first-order chi connectivity index (χ1) is 15.9. The van der Waals surface area contributed by atoms with E-state index in [9.17, 15) is 9.59 Å². The summed E-state index contributed by atoms with van der Waals surface area (Å²) in [5.41, 5.74) is 4.59. The van der Waals surface area contributed by atoms with Crippen LogP contribution in [-0.2, 0) is 9.53 Å². The number of rotatable bonds is 6. The van der Waals surface area contributed by atoms with Crippen LogP contribution >= 0.6 is 0 Å². The van der Waals surface area contributed by atoms with Crippen molar-refractivity contribution in [2.75, 3.05) is 11.9 Å². The van der Waals surface area contributed by atoms with Gasteiger partial charge in [0.15, 0.2) is 11.3 Å². The molecule has 1 aliphatic rings. The zero-order valence-electron chi connectivity index (χ0n) is 19.9. The summed E-state index contributed by atoms with van der Waals surface area (Å²) < 4.78 is 7.35. The lowest BCUT2D eigenvalue weighted by Gasteiger charge is -2.22. The Kier molecular flexibility index (Phi) is 6.77. The number of esters is 1. The molecule has 1 amide bonds. The molecule has 1 fully saturated rings. The zero-order chi connectivity index (χ0) is 23.5. The maximum Gasteiger partial charge on any atom is 0.357 e. The minimum absolute atomic E-state index is 0.116. The molecule has 0 unspecified atom stereocenters. The molecule has 0 bridgehead atoms. The summed E-state index contributed by atoms with van der Waals surface area (Å²) in [5.74, 6) is -0.350. The lowest BCUT2D eigenvalue weighted by Crippen LogP contribution is -2.16. The Morgan fingerprint density at radius 2 is 1.85 bits per heavy atom. The van der Waals surface area contributed by atoms with Crippen molar-refractivity contribution in [2.45, 2.75) is 71.8 Å². The van der Waals surface area contributed by atoms with E-state index in [1.165, 1.54) is 26.2 Å². The highest BCUT2D eigenvalue weighted by atomic mass is 16.5. The number of hydrogen-bond donors (Lipinski definition) is 1. The van der Waals surface area contributed by atoms with Gasteiger partial charge in [-0.05, 0) is 55.0 Å². The number of nitrogens with one attached hydrogen (secondary N) is 1. The summed E-state index contributed by atoms with van der Waals surface area (Å²) in [6, 6.07) is 9.75. The van der Waals surface area contributed by atoms with Gasteiger partial charge in [-0.25, -0.2) is 14.5 Å². The zero-order valence-corrected chi connectivity index (χ0v) is 19.9. The fourth-order valence-electron chi connectivity index (χ4n) is 4.62. The van der Waals surface area contributed by atoms with Crippen LogP contribution in [-0.4, -0.2) is 33.2 Å². The molecule has 1 aromatic carbocycles. The molecular weight excluding hydrogens is 416 g/mol. The third-order valence-electron chi connectivity index (χ3n) is 6.16. The van der Waals surface area contributed by atoms with Crippen LogP contribution in [0.25, 0.3) is 22.2 Å². The molecule has 7 heteroatoms. The summed E-state index contributed by atoms with van der Waals surface area (Å²) in [6.07, 6.45) is 5.75. The fraction of sp³-hybridized carbons (Fsp3) is 0.462. The topological polar surface area (TPSA) is 86.1 Å². The second-order valence-corrected chi connectivity index (χ2v) is 9.01. The summed E-state index contributed by atoms with van der Waals surface area (Å²) in [5, 5.41) is 8.83. The average molecular weight is 449 g/mol. The molecular formula is C26H32N4O3. The molecule has 4 rings (SSSR count). The van der Waals surface area contributed by atoms with Crippen LogP contribution in [0.3, 0.4) is 0 Å². The van der Waals surface area contributed by atoms with Crippen molar-refractivity contribution in [1.29, 1.82) is 0 Å². The highest BCUT2D eigenvalue weighted by Gasteiger charge is 2.26. The smallest absolute Gasteiger partial charge is 0.357 e. The first-order valence-corrected chi connectivity index (χ1v) is 11.9. The molecule has 3 aromatic rings. The van der Waals surface area contributed by atoms with Gasteiger partial charge in [0, 0.05) is 12.6 Å². The maximum atomic E-state index is 12.7.